The fourth-order valence-electron chi connectivity index (χ4n) is 4.30. The molecule has 0 saturated heterocycles. The lowest BCUT2D eigenvalue weighted by atomic mass is 9.75. The van der Waals surface area contributed by atoms with E-state index < -0.39 is 0 Å². The molecule has 0 heteroatoms. The molecule has 0 spiro atoms. The summed E-state index contributed by atoms with van der Waals surface area (Å²) in [4.78, 5) is 0. The molecule has 5 atom stereocenters. The van der Waals surface area contributed by atoms with Crippen molar-refractivity contribution in [3.63, 3.8) is 0 Å². The molecule has 0 amide bonds. The van der Waals surface area contributed by atoms with Crippen LogP contribution in [0, 0.1) is 41.4 Å². The van der Waals surface area contributed by atoms with Crippen LogP contribution in [0.1, 0.15) is 74.1 Å². The molecule has 0 aromatic heterocycles. The van der Waals surface area contributed by atoms with Crippen molar-refractivity contribution in [3.8, 4) is 0 Å². The van der Waals surface area contributed by atoms with E-state index >= 15 is 0 Å². The van der Waals surface area contributed by atoms with Crippen LogP contribution in [-0.2, 0) is 0 Å². The third kappa shape index (κ3) is 4.00. The van der Waals surface area contributed by atoms with E-state index in [-0.39, 0.29) is 0 Å². The van der Waals surface area contributed by atoms with E-state index in [1.165, 1.54) is 25.7 Å². The quantitative estimate of drug-likeness (QED) is 0.496. The first-order valence-electron chi connectivity index (χ1n) is 8.42. The minimum atomic E-state index is 0.854. The van der Waals surface area contributed by atoms with Crippen molar-refractivity contribution in [2.75, 3.05) is 0 Å². The van der Waals surface area contributed by atoms with Crippen LogP contribution in [0.4, 0.5) is 0 Å². The minimum absolute atomic E-state index is 0.854. The standard InChI is InChI=1S/C18H36/c1-8-15(16(9-2)12(3)4)10-14(7)18-11-17(18)13(5)6/h12-18H,8-11H2,1-7H3. The SMILES string of the molecule is CCC(CC(C)C1CC1C(C)C)C(CC)C(C)C. The second kappa shape index (κ2) is 6.96. The van der Waals surface area contributed by atoms with Crippen LogP contribution < -0.4 is 0 Å². The molecule has 0 aromatic rings. The molecule has 108 valence electrons. The maximum absolute atomic E-state index is 2.52. The summed E-state index contributed by atoms with van der Waals surface area (Å²) in [5.41, 5.74) is 0. The van der Waals surface area contributed by atoms with Gasteiger partial charge in [0.2, 0.25) is 0 Å². The summed E-state index contributed by atoms with van der Waals surface area (Å²) in [7, 11) is 0. The van der Waals surface area contributed by atoms with Gasteiger partial charge >= 0.3 is 0 Å². The van der Waals surface area contributed by atoms with E-state index in [0.29, 0.717) is 0 Å². The predicted molar refractivity (Wildman–Crippen MR) is 82.6 cm³/mol. The summed E-state index contributed by atoms with van der Waals surface area (Å²) in [5.74, 6) is 6.69. The van der Waals surface area contributed by atoms with E-state index in [1.54, 1.807) is 0 Å². The summed E-state index contributed by atoms with van der Waals surface area (Å²) < 4.78 is 0. The maximum atomic E-state index is 2.52. The Morgan fingerprint density at radius 3 is 1.83 bits per heavy atom. The van der Waals surface area contributed by atoms with E-state index in [9.17, 15) is 0 Å². The van der Waals surface area contributed by atoms with Gasteiger partial charge in [-0.05, 0) is 54.3 Å². The van der Waals surface area contributed by atoms with Gasteiger partial charge in [-0.15, -0.1) is 0 Å². The average molecular weight is 252 g/mol. The van der Waals surface area contributed by atoms with E-state index in [1.807, 2.05) is 0 Å². The lowest BCUT2D eigenvalue weighted by Gasteiger charge is -2.31. The molecule has 0 aromatic carbocycles. The van der Waals surface area contributed by atoms with Crippen LogP contribution in [-0.4, -0.2) is 0 Å². The monoisotopic (exact) mass is 252 g/mol. The van der Waals surface area contributed by atoms with Crippen LogP contribution >= 0.6 is 0 Å². The molecule has 0 bridgehead atoms. The van der Waals surface area contributed by atoms with Crippen molar-refractivity contribution in [1.29, 1.82) is 0 Å². The Hall–Kier alpha value is 0. The predicted octanol–water partition coefficient (Wildman–Crippen LogP) is 6.01. The van der Waals surface area contributed by atoms with Crippen LogP contribution in [0.2, 0.25) is 0 Å². The second-order valence-electron chi connectivity index (χ2n) is 7.50. The lowest BCUT2D eigenvalue weighted by molar-refractivity contribution is 0.192. The van der Waals surface area contributed by atoms with Gasteiger partial charge in [0.15, 0.2) is 0 Å². The molecular formula is C18H36. The smallest absolute Gasteiger partial charge is 0.0355 e. The molecule has 0 heterocycles. The van der Waals surface area contributed by atoms with Gasteiger partial charge in [-0.1, -0.05) is 61.3 Å². The molecular weight excluding hydrogens is 216 g/mol. The Morgan fingerprint density at radius 2 is 1.50 bits per heavy atom. The van der Waals surface area contributed by atoms with Crippen LogP contribution in [0.5, 0.6) is 0 Å². The van der Waals surface area contributed by atoms with Crippen molar-refractivity contribution in [2.24, 2.45) is 41.4 Å². The zero-order valence-corrected chi connectivity index (χ0v) is 13.9. The first-order valence-corrected chi connectivity index (χ1v) is 8.42. The van der Waals surface area contributed by atoms with Gasteiger partial charge in [-0.2, -0.15) is 0 Å². The highest BCUT2D eigenvalue weighted by Gasteiger charge is 2.43. The van der Waals surface area contributed by atoms with Crippen molar-refractivity contribution in [3.05, 3.63) is 0 Å². The van der Waals surface area contributed by atoms with Crippen LogP contribution in [0.15, 0.2) is 0 Å². The van der Waals surface area contributed by atoms with Crippen LogP contribution in [0.25, 0.3) is 0 Å². The Labute approximate surface area is 116 Å². The minimum Gasteiger partial charge on any atom is -0.0651 e. The molecule has 0 radical (unpaired) electrons. The average Bonchev–Trinajstić information content (AvgIpc) is 3.07. The highest BCUT2D eigenvalue weighted by Crippen LogP contribution is 2.51. The van der Waals surface area contributed by atoms with Gasteiger partial charge < -0.3 is 0 Å². The van der Waals surface area contributed by atoms with Gasteiger partial charge in [-0.25, -0.2) is 0 Å². The van der Waals surface area contributed by atoms with Gasteiger partial charge in [-0.3, -0.25) is 0 Å². The second-order valence-corrected chi connectivity index (χ2v) is 7.50. The van der Waals surface area contributed by atoms with Crippen LogP contribution in [0.3, 0.4) is 0 Å². The molecule has 1 fully saturated rings. The first-order chi connectivity index (χ1) is 8.42. The summed E-state index contributed by atoms with van der Waals surface area (Å²) in [6.07, 6.45) is 5.72. The number of hydrogen-bond acceptors (Lipinski definition) is 0. The third-order valence-corrected chi connectivity index (χ3v) is 5.61. The molecule has 0 aliphatic heterocycles. The molecule has 1 aliphatic rings. The van der Waals surface area contributed by atoms with E-state index in [2.05, 4.69) is 48.5 Å². The molecule has 1 rings (SSSR count). The Bertz CT molecular complexity index is 228. The summed E-state index contributed by atoms with van der Waals surface area (Å²) >= 11 is 0. The number of hydrogen-bond donors (Lipinski definition) is 0. The van der Waals surface area contributed by atoms with Crippen molar-refractivity contribution >= 4 is 0 Å². The molecule has 0 N–H and O–H groups in total. The van der Waals surface area contributed by atoms with E-state index in [0.717, 1.165) is 41.4 Å². The first kappa shape index (κ1) is 16.1. The van der Waals surface area contributed by atoms with Crippen molar-refractivity contribution in [1.82, 2.24) is 0 Å². The van der Waals surface area contributed by atoms with Gasteiger partial charge in [0.1, 0.15) is 0 Å². The third-order valence-electron chi connectivity index (χ3n) is 5.61. The van der Waals surface area contributed by atoms with Gasteiger partial charge in [0.05, 0.1) is 0 Å². The van der Waals surface area contributed by atoms with E-state index in [4.69, 9.17) is 0 Å². The zero-order valence-electron chi connectivity index (χ0n) is 13.9. The maximum Gasteiger partial charge on any atom is -0.0355 e. The molecule has 1 saturated carbocycles. The largest absolute Gasteiger partial charge is 0.0651 e. The fraction of sp³-hybridized carbons (Fsp3) is 1.00. The Morgan fingerprint density at radius 1 is 0.889 bits per heavy atom. The molecule has 0 nitrogen and oxygen atoms in total. The fourth-order valence-corrected chi connectivity index (χ4v) is 4.30. The molecule has 5 unspecified atom stereocenters. The van der Waals surface area contributed by atoms with Crippen molar-refractivity contribution in [2.45, 2.75) is 74.1 Å². The highest BCUT2D eigenvalue weighted by atomic mass is 14.5. The van der Waals surface area contributed by atoms with Crippen molar-refractivity contribution < 1.29 is 0 Å². The topological polar surface area (TPSA) is 0 Å². The Kier molecular flexibility index (Phi) is 6.21. The Balaban J connectivity index is 2.48. The highest BCUT2D eigenvalue weighted by molar-refractivity contribution is 4.92. The summed E-state index contributed by atoms with van der Waals surface area (Å²) in [5, 5.41) is 0. The molecule has 18 heavy (non-hydrogen) atoms. The van der Waals surface area contributed by atoms with Gasteiger partial charge in [0, 0.05) is 0 Å². The molecule has 1 aliphatic carbocycles. The summed E-state index contributed by atoms with van der Waals surface area (Å²) in [6.45, 7) is 16.9. The van der Waals surface area contributed by atoms with Gasteiger partial charge in [0.25, 0.3) is 0 Å². The summed E-state index contributed by atoms with van der Waals surface area (Å²) in [6, 6.07) is 0. The zero-order chi connectivity index (χ0) is 13.9. The number of rotatable bonds is 8. The lowest BCUT2D eigenvalue weighted by Crippen LogP contribution is -2.22. The normalized spacial score (nSPS) is 28.5.